The highest BCUT2D eigenvalue weighted by Gasteiger charge is 2.50. The van der Waals surface area contributed by atoms with Gasteiger partial charge in [-0.25, -0.2) is 4.79 Å². The van der Waals surface area contributed by atoms with Gasteiger partial charge in [-0.3, -0.25) is 4.98 Å². The van der Waals surface area contributed by atoms with E-state index in [-0.39, 0.29) is 18.2 Å². The first-order valence-corrected chi connectivity index (χ1v) is 8.38. The van der Waals surface area contributed by atoms with Crippen molar-refractivity contribution in [2.75, 3.05) is 0 Å². The van der Waals surface area contributed by atoms with Gasteiger partial charge in [-0.05, 0) is 64.2 Å². The number of carbonyl (C=O) groups excluding carboxylic acids is 1. The van der Waals surface area contributed by atoms with E-state index in [1.807, 2.05) is 37.8 Å². The second-order valence-corrected chi connectivity index (χ2v) is 7.94. The minimum Gasteiger partial charge on any atom is -0.444 e. The van der Waals surface area contributed by atoms with Crippen LogP contribution in [0.3, 0.4) is 0 Å². The molecule has 2 bridgehead atoms. The molecule has 1 N–H and O–H groups in total. The van der Waals surface area contributed by atoms with Crippen LogP contribution in [0.4, 0.5) is 4.79 Å². The van der Waals surface area contributed by atoms with Crippen LogP contribution in [-0.2, 0) is 11.2 Å². The maximum atomic E-state index is 12.5. The number of ether oxygens (including phenoxy) is 1. The largest absolute Gasteiger partial charge is 0.444 e. The van der Waals surface area contributed by atoms with Crippen molar-refractivity contribution in [3.8, 4) is 0 Å². The van der Waals surface area contributed by atoms with E-state index < -0.39 is 11.2 Å². The molecule has 0 spiro atoms. The zero-order chi connectivity index (χ0) is 16.7. The molecule has 2 unspecified atom stereocenters. The minimum absolute atomic E-state index is 0.0791. The summed E-state index contributed by atoms with van der Waals surface area (Å²) in [7, 11) is 0. The first-order valence-electron chi connectivity index (χ1n) is 8.38. The van der Waals surface area contributed by atoms with Crippen LogP contribution in [0.1, 0.15) is 52.0 Å². The summed E-state index contributed by atoms with van der Waals surface area (Å²) >= 11 is 0. The second kappa shape index (κ2) is 5.78. The Morgan fingerprint density at radius 1 is 1.30 bits per heavy atom. The summed E-state index contributed by atoms with van der Waals surface area (Å²) in [4.78, 5) is 18.3. The highest BCUT2D eigenvalue weighted by atomic mass is 16.6. The minimum atomic E-state index is -0.744. The summed E-state index contributed by atoms with van der Waals surface area (Å²) in [5.41, 5.74) is -0.139. The highest BCUT2D eigenvalue weighted by molar-refractivity contribution is 5.69. The summed E-state index contributed by atoms with van der Waals surface area (Å²) in [5, 5.41) is 11.0. The van der Waals surface area contributed by atoms with Crippen molar-refractivity contribution in [3.05, 3.63) is 30.1 Å². The van der Waals surface area contributed by atoms with Gasteiger partial charge in [-0.2, -0.15) is 0 Å². The van der Waals surface area contributed by atoms with Crippen LogP contribution in [0, 0.1) is 0 Å². The number of carbonyl (C=O) groups is 1. The van der Waals surface area contributed by atoms with Crippen molar-refractivity contribution in [1.82, 2.24) is 9.88 Å². The third kappa shape index (κ3) is 3.66. The van der Waals surface area contributed by atoms with Gasteiger partial charge in [0.05, 0.1) is 5.60 Å². The van der Waals surface area contributed by atoms with E-state index in [0.717, 1.165) is 18.4 Å². The van der Waals surface area contributed by atoms with Crippen LogP contribution in [0.5, 0.6) is 0 Å². The number of hydrogen-bond acceptors (Lipinski definition) is 4. The topological polar surface area (TPSA) is 62.7 Å². The fraction of sp³-hybridized carbons (Fsp3) is 0.667. The Hall–Kier alpha value is -1.62. The molecule has 5 nitrogen and oxygen atoms in total. The molecule has 1 aromatic rings. The average Bonchev–Trinajstić information content (AvgIpc) is 2.71. The molecule has 3 heterocycles. The van der Waals surface area contributed by atoms with Crippen LogP contribution in [0.2, 0.25) is 0 Å². The number of nitrogens with zero attached hydrogens (tertiary/aromatic N) is 2. The Morgan fingerprint density at radius 2 is 1.87 bits per heavy atom. The molecule has 0 radical (unpaired) electrons. The van der Waals surface area contributed by atoms with Gasteiger partial charge >= 0.3 is 6.09 Å². The lowest BCUT2D eigenvalue weighted by Gasteiger charge is -2.44. The van der Waals surface area contributed by atoms with Gasteiger partial charge in [0.2, 0.25) is 0 Å². The summed E-state index contributed by atoms with van der Waals surface area (Å²) < 4.78 is 5.54. The maximum Gasteiger partial charge on any atom is 0.410 e. The van der Waals surface area contributed by atoms with Gasteiger partial charge in [0.1, 0.15) is 5.60 Å². The Balaban J connectivity index is 1.70. The van der Waals surface area contributed by atoms with Gasteiger partial charge in [-0.1, -0.05) is 0 Å². The molecule has 2 aliphatic rings. The van der Waals surface area contributed by atoms with Crippen LogP contribution in [0.25, 0.3) is 0 Å². The second-order valence-electron chi connectivity index (χ2n) is 7.94. The number of piperidine rings is 1. The number of aromatic nitrogens is 1. The standard InChI is InChI=1S/C18H26N2O3/c1-17(2,3)23-16(21)20-14-4-5-15(20)12-18(22,11-14)10-13-6-8-19-9-7-13/h6-9,14-15,22H,4-5,10-12H2,1-3H3. The molecule has 2 saturated heterocycles. The fourth-order valence-electron chi connectivity index (χ4n) is 3.96. The molecule has 1 amide bonds. The summed E-state index contributed by atoms with van der Waals surface area (Å²) in [5.74, 6) is 0. The summed E-state index contributed by atoms with van der Waals surface area (Å²) in [6.07, 6.45) is 7.01. The van der Waals surface area contributed by atoms with E-state index in [1.165, 1.54) is 0 Å². The third-order valence-corrected chi connectivity index (χ3v) is 4.74. The van der Waals surface area contributed by atoms with E-state index in [4.69, 9.17) is 4.74 Å². The molecule has 1 aromatic heterocycles. The Labute approximate surface area is 137 Å². The molecule has 126 valence electrons. The van der Waals surface area contributed by atoms with Crippen LogP contribution >= 0.6 is 0 Å². The Morgan fingerprint density at radius 3 is 2.39 bits per heavy atom. The molecule has 0 aromatic carbocycles. The molecular weight excluding hydrogens is 292 g/mol. The predicted molar refractivity (Wildman–Crippen MR) is 87.0 cm³/mol. The number of amides is 1. The lowest BCUT2D eigenvalue weighted by Crippen LogP contribution is -2.54. The molecule has 0 saturated carbocycles. The zero-order valence-electron chi connectivity index (χ0n) is 14.2. The lowest BCUT2D eigenvalue weighted by molar-refractivity contribution is -0.0579. The molecule has 2 atom stereocenters. The van der Waals surface area contributed by atoms with Crippen molar-refractivity contribution in [2.24, 2.45) is 0 Å². The van der Waals surface area contributed by atoms with Crippen molar-refractivity contribution in [2.45, 2.75) is 76.2 Å². The van der Waals surface area contributed by atoms with Crippen molar-refractivity contribution in [1.29, 1.82) is 0 Å². The van der Waals surface area contributed by atoms with Crippen LogP contribution < -0.4 is 0 Å². The highest BCUT2D eigenvalue weighted by Crippen LogP contribution is 2.42. The van der Waals surface area contributed by atoms with Gasteiger partial charge in [0.15, 0.2) is 0 Å². The van der Waals surface area contributed by atoms with Gasteiger partial charge in [0, 0.05) is 30.9 Å². The van der Waals surface area contributed by atoms with Crippen LogP contribution in [0.15, 0.2) is 24.5 Å². The Kier molecular flexibility index (Phi) is 4.08. The summed E-state index contributed by atoms with van der Waals surface area (Å²) in [6, 6.07) is 4.05. The molecule has 0 aliphatic carbocycles. The maximum absolute atomic E-state index is 12.5. The Bertz CT molecular complexity index is 553. The van der Waals surface area contributed by atoms with Gasteiger partial charge in [0.25, 0.3) is 0 Å². The third-order valence-electron chi connectivity index (χ3n) is 4.74. The van der Waals surface area contributed by atoms with Crippen molar-refractivity contribution < 1.29 is 14.6 Å². The van der Waals surface area contributed by atoms with Gasteiger partial charge in [-0.15, -0.1) is 0 Å². The average molecular weight is 318 g/mol. The smallest absolute Gasteiger partial charge is 0.410 e. The number of rotatable bonds is 2. The SMILES string of the molecule is CC(C)(C)OC(=O)N1C2CCC1CC(O)(Cc1ccncc1)C2. The molecule has 2 aliphatic heterocycles. The zero-order valence-corrected chi connectivity index (χ0v) is 14.2. The molecule has 5 heteroatoms. The normalized spacial score (nSPS) is 30.3. The first kappa shape index (κ1) is 16.2. The quantitative estimate of drug-likeness (QED) is 0.911. The summed E-state index contributed by atoms with van der Waals surface area (Å²) in [6.45, 7) is 5.66. The molecular formula is C18H26N2O3. The van der Waals surface area contributed by atoms with Crippen molar-refractivity contribution in [3.63, 3.8) is 0 Å². The number of aliphatic hydroxyl groups is 1. The molecule has 3 rings (SSSR count). The van der Waals surface area contributed by atoms with Gasteiger partial charge < -0.3 is 14.7 Å². The monoisotopic (exact) mass is 318 g/mol. The van der Waals surface area contributed by atoms with E-state index >= 15 is 0 Å². The predicted octanol–water partition coefficient (Wildman–Crippen LogP) is 2.92. The number of pyridine rings is 1. The van der Waals surface area contributed by atoms with E-state index in [1.54, 1.807) is 12.4 Å². The number of fused-ring (bicyclic) bond motifs is 2. The van der Waals surface area contributed by atoms with E-state index in [2.05, 4.69) is 4.98 Å². The van der Waals surface area contributed by atoms with Crippen molar-refractivity contribution >= 4 is 6.09 Å². The fourth-order valence-corrected chi connectivity index (χ4v) is 3.96. The number of hydrogen-bond donors (Lipinski definition) is 1. The lowest BCUT2D eigenvalue weighted by atomic mass is 9.81. The molecule has 2 fully saturated rings. The van der Waals surface area contributed by atoms with E-state index in [9.17, 15) is 9.90 Å². The van der Waals surface area contributed by atoms with E-state index in [0.29, 0.717) is 19.3 Å². The van der Waals surface area contributed by atoms with Crippen LogP contribution in [-0.4, -0.2) is 44.4 Å². The molecule has 23 heavy (non-hydrogen) atoms. The first-order chi connectivity index (χ1) is 10.8.